The highest BCUT2D eigenvalue weighted by Crippen LogP contribution is 2.21. The molecule has 26 heavy (non-hydrogen) atoms. The Kier molecular flexibility index (Phi) is 6.24. The topological polar surface area (TPSA) is 67.2 Å². The number of hydrazone groups is 1. The first-order valence-corrected chi connectivity index (χ1v) is 7.97. The molecule has 0 spiro atoms. The number of rotatable bonds is 5. The van der Waals surface area contributed by atoms with Crippen molar-refractivity contribution in [2.75, 3.05) is 5.75 Å². The minimum Gasteiger partial charge on any atom is -0.272 e. The van der Waals surface area contributed by atoms with Crippen LogP contribution in [0, 0.1) is 42.9 Å². The van der Waals surface area contributed by atoms with E-state index in [1.807, 2.05) is 5.43 Å². The largest absolute Gasteiger partial charge is 0.272 e. The molecule has 2 aromatic rings. The molecule has 5 nitrogen and oxygen atoms in total. The maximum Gasteiger partial charge on any atom is 0.250 e. The van der Waals surface area contributed by atoms with Crippen molar-refractivity contribution in [3.63, 3.8) is 0 Å². The van der Waals surface area contributed by atoms with Gasteiger partial charge in [0.25, 0.3) is 5.91 Å². The fourth-order valence-corrected chi connectivity index (χ4v) is 2.57. The number of hydrogen-bond acceptors (Lipinski definition) is 5. The molecule has 0 saturated heterocycles. The zero-order valence-electron chi connectivity index (χ0n) is 13.4. The van der Waals surface area contributed by atoms with Crippen molar-refractivity contribution in [1.29, 1.82) is 0 Å². The third kappa shape index (κ3) is 4.54. The van der Waals surface area contributed by atoms with Gasteiger partial charge in [-0.1, -0.05) is 11.8 Å². The van der Waals surface area contributed by atoms with Crippen molar-refractivity contribution in [1.82, 2.24) is 15.4 Å². The molecule has 0 atom stereocenters. The summed E-state index contributed by atoms with van der Waals surface area (Å²) in [5.74, 6) is -11.4. The molecule has 0 aliphatic heterocycles. The molecule has 2 rings (SSSR count). The molecule has 1 heterocycles. The summed E-state index contributed by atoms with van der Waals surface area (Å²) in [6.07, 6.45) is 0.339. The number of benzene rings is 1. The van der Waals surface area contributed by atoms with Crippen LogP contribution in [0.4, 0.5) is 22.0 Å². The average molecular weight is 390 g/mol. The van der Waals surface area contributed by atoms with E-state index < -0.39 is 40.6 Å². The number of hydrogen-bond donors (Lipinski definition) is 1. The summed E-state index contributed by atoms with van der Waals surface area (Å²) in [6, 6.07) is 1.75. The van der Waals surface area contributed by atoms with Gasteiger partial charge in [-0.3, -0.25) is 4.79 Å². The van der Waals surface area contributed by atoms with Crippen molar-refractivity contribution in [3.05, 3.63) is 52.1 Å². The summed E-state index contributed by atoms with van der Waals surface area (Å²) in [7, 11) is 0. The van der Waals surface area contributed by atoms with Gasteiger partial charge in [-0.25, -0.2) is 37.3 Å². The van der Waals surface area contributed by atoms with Crippen molar-refractivity contribution in [2.45, 2.75) is 19.0 Å². The van der Waals surface area contributed by atoms with Crippen LogP contribution in [-0.4, -0.2) is 27.8 Å². The van der Waals surface area contributed by atoms with Crippen LogP contribution < -0.4 is 5.43 Å². The van der Waals surface area contributed by atoms with Crippen LogP contribution >= 0.6 is 11.8 Å². The predicted molar refractivity (Wildman–Crippen MR) is 84.2 cm³/mol. The number of nitrogens with zero attached hydrogens (tertiary/aromatic N) is 3. The quantitative estimate of drug-likeness (QED) is 0.162. The Morgan fingerprint density at radius 3 is 2.08 bits per heavy atom. The predicted octanol–water partition coefficient (Wildman–Crippen LogP) is 3.03. The fourth-order valence-electron chi connectivity index (χ4n) is 1.82. The number of aromatic nitrogens is 2. The highest BCUT2D eigenvalue weighted by atomic mass is 32.2. The number of halogens is 5. The molecule has 1 aromatic heterocycles. The fraction of sp³-hybridized carbons (Fsp3) is 0.200. The molecular weight excluding hydrogens is 379 g/mol. The normalized spacial score (nSPS) is 11.2. The zero-order chi connectivity index (χ0) is 19.4. The number of nitrogens with one attached hydrogen (secondary N) is 1. The van der Waals surface area contributed by atoms with Crippen LogP contribution in [0.25, 0.3) is 0 Å². The zero-order valence-corrected chi connectivity index (χ0v) is 14.2. The van der Waals surface area contributed by atoms with Gasteiger partial charge in [0, 0.05) is 11.4 Å². The van der Waals surface area contributed by atoms with Crippen LogP contribution in [0.2, 0.25) is 0 Å². The van der Waals surface area contributed by atoms with Crippen LogP contribution in [-0.2, 0) is 4.79 Å². The molecule has 11 heteroatoms. The second-order valence-corrected chi connectivity index (χ2v) is 5.94. The van der Waals surface area contributed by atoms with Crippen LogP contribution in [0.3, 0.4) is 0 Å². The summed E-state index contributed by atoms with van der Waals surface area (Å²) < 4.78 is 65.8. The standard InChI is InChI=1S/C15H11F5N4OS/c1-6-3-7(2)23-15(22-6)26-5-9(25)24-21-4-8-10(16)12(18)14(20)13(19)11(8)17/h3-4H,5H2,1-2H3,(H,24,25). The Morgan fingerprint density at radius 2 is 1.54 bits per heavy atom. The van der Waals surface area contributed by atoms with Gasteiger partial charge in [0.05, 0.1) is 17.5 Å². The number of aryl methyl sites for hydroxylation is 2. The van der Waals surface area contributed by atoms with E-state index in [0.29, 0.717) is 22.8 Å². The lowest BCUT2D eigenvalue weighted by molar-refractivity contribution is -0.118. The van der Waals surface area contributed by atoms with Gasteiger partial charge in [-0.2, -0.15) is 5.10 Å². The van der Waals surface area contributed by atoms with E-state index in [1.165, 1.54) is 0 Å². The summed E-state index contributed by atoms with van der Waals surface area (Å²) in [4.78, 5) is 19.8. The summed E-state index contributed by atoms with van der Waals surface area (Å²) in [5.41, 5.74) is 2.09. The minimum atomic E-state index is -2.27. The first-order chi connectivity index (χ1) is 12.2. The molecule has 0 aliphatic rings. The first-order valence-electron chi connectivity index (χ1n) is 6.99. The molecular formula is C15H11F5N4OS. The number of amides is 1. The number of carbonyl (C=O) groups is 1. The molecule has 1 aromatic carbocycles. The summed E-state index contributed by atoms with van der Waals surface area (Å²) in [5, 5.41) is 3.56. The number of carbonyl (C=O) groups excluding carboxylic acids is 1. The van der Waals surface area contributed by atoms with Crippen molar-refractivity contribution < 1.29 is 26.7 Å². The van der Waals surface area contributed by atoms with Gasteiger partial charge in [0.2, 0.25) is 5.82 Å². The molecule has 0 radical (unpaired) electrons. The molecule has 0 bridgehead atoms. The third-order valence-electron chi connectivity index (χ3n) is 2.92. The van der Waals surface area contributed by atoms with E-state index in [4.69, 9.17) is 0 Å². The smallest absolute Gasteiger partial charge is 0.250 e. The Balaban J connectivity index is 2.01. The van der Waals surface area contributed by atoms with Gasteiger partial charge < -0.3 is 0 Å². The summed E-state index contributed by atoms with van der Waals surface area (Å²) >= 11 is 0.990. The van der Waals surface area contributed by atoms with E-state index >= 15 is 0 Å². The third-order valence-corrected chi connectivity index (χ3v) is 3.77. The molecule has 1 amide bonds. The van der Waals surface area contributed by atoms with Gasteiger partial charge in [0.1, 0.15) is 0 Å². The SMILES string of the molecule is Cc1cc(C)nc(SCC(=O)NN=Cc2c(F)c(F)c(F)c(F)c2F)n1. The second kappa shape index (κ2) is 8.21. The van der Waals surface area contributed by atoms with Gasteiger partial charge in [-0.05, 0) is 19.9 Å². The van der Waals surface area contributed by atoms with Crippen LogP contribution in [0.1, 0.15) is 17.0 Å². The van der Waals surface area contributed by atoms with Crippen molar-refractivity contribution >= 4 is 23.9 Å². The monoisotopic (exact) mass is 390 g/mol. The Bertz CT molecular complexity index is 842. The molecule has 0 fully saturated rings. The highest BCUT2D eigenvalue weighted by molar-refractivity contribution is 7.99. The molecule has 138 valence electrons. The van der Waals surface area contributed by atoms with E-state index in [-0.39, 0.29) is 5.75 Å². The second-order valence-electron chi connectivity index (χ2n) is 5.00. The Hall–Kier alpha value is -2.56. The van der Waals surface area contributed by atoms with E-state index in [9.17, 15) is 26.7 Å². The maximum atomic E-state index is 13.4. The Labute approximate surface area is 148 Å². The molecule has 0 saturated carbocycles. The van der Waals surface area contributed by atoms with E-state index in [0.717, 1.165) is 11.8 Å². The van der Waals surface area contributed by atoms with Gasteiger partial charge >= 0.3 is 0 Å². The van der Waals surface area contributed by atoms with Crippen LogP contribution in [0.5, 0.6) is 0 Å². The highest BCUT2D eigenvalue weighted by Gasteiger charge is 2.24. The molecule has 0 unspecified atom stereocenters. The van der Waals surface area contributed by atoms with Gasteiger partial charge in [-0.15, -0.1) is 0 Å². The van der Waals surface area contributed by atoms with E-state index in [1.54, 1.807) is 19.9 Å². The van der Waals surface area contributed by atoms with Crippen molar-refractivity contribution in [3.8, 4) is 0 Å². The number of thioether (sulfide) groups is 1. The molecule has 0 aliphatic carbocycles. The lowest BCUT2D eigenvalue weighted by atomic mass is 10.2. The lowest BCUT2D eigenvalue weighted by Gasteiger charge is -2.04. The van der Waals surface area contributed by atoms with Crippen LogP contribution in [0.15, 0.2) is 16.3 Å². The van der Waals surface area contributed by atoms with Gasteiger partial charge in [0.15, 0.2) is 28.4 Å². The van der Waals surface area contributed by atoms with E-state index in [2.05, 4.69) is 15.1 Å². The average Bonchev–Trinajstić information content (AvgIpc) is 2.58. The Morgan fingerprint density at radius 1 is 1.04 bits per heavy atom. The van der Waals surface area contributed by atoms with Crippen molar-refractivity contribution in [2.24, 2.45) is 5.10 Å². The molecule has 1 N–H and O–H groups in total. The minimum absolute atomic E-state index is 0.169. The first kappa shape index (κ1) is 19.8. The lowest BCUT2D eigenvalue weighted by Crippen LogP contribution is -2.20. The summed E-state index contributed by atoms with van der Waals surface area (Å²) in [6.45, 7) is 3.51. The maximum absolute atomic E-state index is 13.4.